The van der Waals surface area contributed by atoms with Crippen molar-refractivity contribution in [2.75, 3.05) is 26.4 Å². The third-order valence-electron chi connectivity index (χ3n) is 5.22. The number of carbonyl (C=O) groups is 2. The average molecular weight is 484 g/mol. The lowest BCUT2D eigenvalue weighted by Crippen LogP contribution is -2.38. The van der Waals surface area contributed by atoms with Crippen molar-refractivity contribution in [1.82, 2.24) is 10.6 Å². The molecule has 3 rings (SSSR count). The van der Waals surface area contributed by atoms with E-state index in [1.807, 2.05) is 38.1 Å². The van der Waals surface area contributed by atoms with Gasteiger partial charge in [0.1, 0.15) is 24.5 Å². The van der Waals surface area contributed by atoms with Gasteiger partial charge < -0.3 is 30.0 Å². The first kappa shape index (κ1) is 26.2. The molecule has 1 aliphatic heterocycles. The molecule has 9 heteroatoms. The van der Waals surface area contributed by atoms with Crippen LogP contribution < -0.4 is 24.8 Å². The minimum absolute atomic E-state index is 0.168. The Labute approximate surface area is 205 Å². The van der Waals surface area contributed by atoms with E-state index in [9.17, 15) is 14.7 Å². The second-order valence-corrected chi connectivity index (χ2v) is 8.55. The fourth-order valence-corrected chi connectivity index (χ4v) is 3.36. The zero-order valence-corrected chi connectivity index (χ0v) is 20.3. The molecular formula is C26H33N3O6. The zero-order valence-electron chi connectivity index (χ0n) is 20.3. The minimum Gasteiger partial charge on any atom is -0.493 e. The first-order valence-electron chi connectivity index (χ1n) is 11.7. The highest BCUT2D eigenvalue weighted by atomic mass is 16.5. The predicted octanol–water partition coefficient (Wildman–Crippen LogP) is 3.01. The second kappa shape index (κ2) is 12.9. The number of ketones is 1. The highest BCUT2D eigenvalue weighted by molar-refractivity contribution is 6.21. The molecule has 35 heavy (non-hydrogen) atoms. The summed E-state index contributed by atoms with van der Waals surface area (Å²) in [5, 5.41) is 15.8. The summed E-state index contributed by atoms with van der Waals surface area (Å²) in [5.41, 5.74) is 0.941. The minimum atomic E-state index is -0.710. The number of para-hydroxylation sites is 2. The van der Waals surface area contributed by atoms with E-state index >= 15 is 0 Å². The van der Waals surface area contributed by atoms with Gasteiger partial charge in [0, 0.05) is 24.6 Å². The van der Waals surface area contributed by atoms with E-state index < -0.39 is 18.2 Å². The third-order valence-corrected chi connectivity index (χ3v) is 5.22. The van der Waals surface area contributed by atoms with Crippen molar-refractivity contribution in [3.63, 3.8) is 0 Å². The fourth-order valence-electron chi connectivity index (χ4n) is 3.36. The van der Waals surface area contributed by atoms with Crippen LogP contribution in [0.4, 0.5) is 4.79 Å². The number of urea groups is 1. The van der Waals surface area contributed by atoms with Gasteiger partial charge >= 0.3 is 6.03 Å². The van der Waals surface area contributed by atoms with Gasteiger partial charge in [-0.3, -0.25) is 4.79 Å². The Morgan fingerprint density at radius 3 is 2.34 bits per heavy atom. The van der Waals surface area contributed by atoms with Crippen LogP contribution in [-0.4, -0.2) is 67.2 Å². The van der Waals surface area contributed by atoms with Crippen LogP contribution in [0.25, 0.3) is 0 Å². The molecule has 9 nitrogen and oxygen atoms in total. The molecular weight excluding hydrogens is 450 g/mol. The van der Waals surface area contributed by atoms with E-state index in [1.54, 1.807) is 31.2 Å². The van der Waals surface area contributed by atoms with Crippen LogP contribution in [0.1, 0.15) is 37.6 Å². The molecule has 0 radical (unpaired) electrons. The van der Waals surface area contributed by atoms with Gasteiger partial charge in [0.15, 0.2) is 17.3 Å². The molecule has 0 bridgehead atoms. The first-order valence-corrected chi connectivity index (χ1v) is 11.7. The highest BCUT2D eigenvalue weighted by Gasteiger charge is 2.29. The maximum absolute atomic E-state index is 12.5. The summed E-state index contributed by atoms with van der Waals surface area (Å²) < 4.78 is 17.3. The maximum Gasteiger partial charge on any atom is 0.341 e. The highest BCUT2D eigenvalue weighted by Crippen LogP contribution is 2.26. The molecule has 2 aromatic carbocycles. The number of hydrogen-bond acceptors (Lipinski definition) is 7. The SMILES string of the molecule is CC1=NC(=O)NC1C(=O)c1ccc(OCCCOc2ccccc2OCC(O)CNC(C)C)cc1. The van der Waals surface area contributed by atoms with Gasteiger partial charge in [-0.2, -0.15) is 0 Å². The van der Waals surface area contributed by atoms with Crippen LogP contribution in [-0.2, 0) is 0 Å². The number of aliphatic hydroxyl groups excluding tert-OH is 1. The predicted molar refractivity (Wildman–Crippen MR) is 133 cm³/mol. The van der Waals surface area contributed by atoms with E-state index in [0.717, 1.165) is 0 Å². The quantitative estimate of drug-likeness (QED) is 0.279. The van der Waals surface area contributed by atoms with Crippen LogP contribution in [0, 0.1) is 0 Å². The number of aliphatic hydroxyl groups is 1. The Balaban J connectivity index is 1.39. The smallest absolute Gasteiger partial charge is 0.341 e. The first-order chi connectivity index (χ1) is 16.8. The summed E-state index contributed by atoms with van der Waals surface area (Å²) in [7, 11) is 0. The van der Waals surface area contributed by atoms with Gasteiger partial charge in [-0.25, -0.2) is 9.79 Å². The molecule has 0 aromatic heterocycles. The van der Waals surface area contributed by atoms with Crippen molar-refractivity contribution >= 4 is 17.5 Å². The number of nitrogens with one attached hydrogen (secondary N) is 2. The molecule has 0 spiro atoms. The Kier molecular flexibility index (Phi) is 9.63. The normalized spacial score (nSPS) is 16.0. The molecule has 188 valence electrons. The van der Waals surface area contributed by atoms with Crippen LogP contribution in [0.2, 0.25) is 0 Å². The van der Waals surface area contributed by atoms with Crippen molar-refractivity contribution in [1.29, 1.82) is 0 Å². The molecule has 2 amide bonds. The number of rotatable bonds is 14. The Bertz CT molecular complexity index is 1020. The zero-order chi connectivity index (χ0) is 25.2. The van der Waals surface area contributed by atoms with E-state index in [0.29, 0.717) is 60.7 Å². The standard InChI is InChI=1S/C26H33N3O6/c1-17(2)27-15-20(30)16-35-23-8-5-4-7-22(23)34-14-6-13-33-21-11-9-19(10-12-21)25(31)24-18(3)28-26(32)29-24/h4-5,7-12,17,20,24,27,30H,6,13-16H2,1-3H3,(H,29,32). The number of aliphatic imine (C=N–C) groups is 1. The third kappa shape index (κ3) is 8.08. The molecule has 1 heterocycles. The Morgan fingerprint density at radius 2 is 1.71 bits per heavy atom. The van der Waals surface area contributed by atoms with E-state index in [2.05, 4.69) is 15.6 Å². The monoisotopic (exact) mass is 483 g/mol. The fraction of sp³-hybridized carbons (Fsp3) is 0.423. The maximum atomic E-state index is 12.5. The van der Waals surface area contributed by atoms with Gasteiger partial charge in [-0.1, -0.05) is 26.0 Å². The summed E-state index contributed by atoms with van der Waals surface area (Å²) in [6.07, 6.45) is 0.0225. The largest absolute Gasteiger partial charge is 0.493 e. The molecule has 2 unspecified atom stereocenters. The summed E-state index contributed by atoms with van der Waals surface area (Å²) in [6.45, 7) is 7.17. The number of hydrogen-bond donors (Lipinski definition) is 3. The molecule has 2 atom stereocenters. The second-order valence-electron chi connectivity index (χ2n) is 8.55. The Morgan fingerprint density at radius 1 is 1.06 bits per heavy atom. The van der Waals surface area contributed by atoms with Gasteiger partial charge in [0.2, 0.25) is 0 Å². The topological polar surface area (TPSA) is 118 Å². The van der Waals surface area contributed by atoms with Crippen LogP contribution in [0.15, 0.2) is 53.5 Å². The van der Waals surface area contributed by atoms with Gasteiger partial charge in [-0.05, 0) is 43.3 Å². The van der Waals surface area contributed by atoms with Crippen molar-refractivity contribution in [2.45, 2.75) is 45.4 Å². The molecule has 0 saturated heterocycles. The van der Waals surface area contributed by atoms with Crippen molar-refractivity contribution < 1.29 is 28.9 Å². The van der Waals surface area contributed by atoms with Gasteiger partial charge in [-0.15, -0.1) is 0 Å². The lowest BCUT2D eigenvalue weighted by molar-refractivity contribution is 0.0975. The van der Waals surface area contributed by atoms with E-state index in [1.165, 1.54) is 0 Å². The molecule has 1 aliphatic rings. The lowest BCUT2D eigenvalue weighted by atomic mass is 10.0. The lowest BCUT2D eigenvalue weighted by Gasteiger charge is -2.17. The number of nitrogens with zero attached hydrogens (tertiary/aromatic N) is 1. The van der Waals surface area contributed by atoms with E-state index in [-0.39, 0.29) is 12.4 Å². The summed E-state index contributed by atoms with van der Waals surface area (Å²) >= 11 is 0. The average Bonchev–Trinajstić information content (AvgIpc) is 3.19. The summed E-state index contributed by atoms with van der Waals surface area (Å²) in [6, 6.07) is 13.2. The number of benzene rings is 2. The number of ether oxygens (including phenoxy) is 3. The van der Waals surface area contributed by atoms with Crippen LogP contribution in [0.3, 0.4) is 0 Å². The van der Waals surface area contributed by atoms with Crippen LogP contribution in [0.5, 0.6) is 17.2 Å². The van der Waals surface area contributed by atoms with Gasteiger partial charge in [0.05, 0.1) is 18.9 Å². The van der Waals surface area contributed by atoms with Crippen molar-refractivity contribution in [3.05, 3.63) is 54.1 Å². The molecule has 0 saturated carbocycles. The van der Waals surface area contributed by atoms with Crippen molar-refractivity contribution in [2.24, 2.45) is 4.99 Å². The van der Waals surface area contributed by atoms with E-state index in [4.69, 9.17) is 14.2 Å². The Hall–Kier alpha value is -3.43. The summed E-state index contributed by atoms with van der Waals surface area (Å²) in [5.74, 6) is 1.62. The summed E-state index contributed by atoms with van der Waals surface area (Å²) in [4.78, 5) is 27.6. The molecule has 0 fully saturated rings. The number of Topliss-reactive ketones (excluding diaryl/α,β-unsaturated/α-hetero) is 1. The molecule has 2 aromatic rings. The molecule has 3 N–H and O–H groups in total. The van der Waals surface area contributed by atoms with Gasteiger partial charge in [0.25, 0.3) is 0 Å². The van der Waals surface area contributed by atoms with Crippen LogP contribution >= 0.6 is 0 Å². The molecule has 0 aliphatic carbocycles. The number of amides is 2. The van der Waals surface area contributed by atoms with Crippen molar-refractivity contribution in [3.8, 4) is 17.2 Å². The number of carbonyl (C=O) groups excluding carboxylic acids is 2.